The summed E-state index contributed by atoms with van der Waals surface area (Å²) in [6.45, 7) is 4.87. The van der Waals surface area contributed by atoms with Gasteiger partial charge in [-0.2, -0.15) is 0 Å². The average Bonchev–Trinajstić information content (AvgIpc) is 3.34. The van der Waals surface area contributed by atoms with Crippen LogP contribution in [0.3, 0.4) is 0 Å². The molecule has 0 radical (unpaired) electrons. The van der Waals surface area contributed by atoms with Gasteiger partial charge in [0, 0.05) is 12.8 Å². The maximum Gasteiger partial charge on any atom is 0.305 e. The van der Waals surface area contributed by atoms with Crippen molar-refractivity contribution in [2.45, 2.75) is 334 Å². The molecule has 2 atom stereocenters. The Labute approximate surface area is 424 Å². The number of amides is 1. The molecule has 400 valence electrons. The lowest BCUT2D eigenvalue weighted by atomic mass is 10.0. The Balaban J connectivity index is 3.42. The molecule has 0 aromatic carbocycles. The molecule has 2 unspecified atom stereocenters. The highest BCUT2D eigenvalue weighted by Crippen LogP contribution is 2.17. The van der Waals surface area contributed by atoms with Crippen LogP contribution in [0.5, 0.6) is 0 Å². The van der Waals surface area contributed by atoms with Gasteiger partial charge in [-0.3, -0.25) is 9.59 Å². The van der Waals surface area contributed by atoms with E-state index in [2.05, 4.69) is 43.5 Å². The summed E-state index contributed by atoms with van der Waals surface area (Å²) in [5.74, 6) is -0.0668. The standard InChI is InChI=1S/C62H117NO5/c1-3-5-7-9-11-13-15-16-31-35-38-42-46-50-54-60(65)59(58-64)63-61(66)55-51-47-43-39-36-32-29-27-25-23-21-19-17-18-20-22-24-26-28-30-33-37-41-45-49-53-57-68-62(67)56-52-48-44-40-34-14-12-10-8-6-4-2/h10,12,17,19,50,54,59-60,64-65H,3-9,11,13-16,18,20-49,51-53,55-58H2,1-2H3,(H,63,66)/b12-10-,19-17-,54-50+. The Kier molecular flexibility index (Phi) is 56.0. The van der Waals surface area contributed by atoms with Crippen LogP contribution in [0, 0.1) is 0 Å². The van der Waals surface area contributed by atoms with Crippen molar-refractivity contribution in [3.8, 4) is 0 Å². The third-order valence-electron chi connectivity index (χ3n) is 13.9. The zero-order chi connectivity index (χ0) is 49.3. The second-order valence-electron chi connectivity index (χ2n) is 20.7. The minimum Gasteiger partial charge on any atom is -0.466 e. The van der Waals surface area contributed by atoms with Crippen LogP contribution in [-0.2, 0) is 14.3 Å². The number of hydrogen-bond acceptors (Lipinski definition) is 5. The van der Waals surface area contributed by atoms with Crippen LogP contribution in [0.15, 0.2) is 36.5 Å². The summed E-state index contributed by atoms with van der Waals surface area (Å²) < 4.78 is 5.46. The lowest BCUT2D eigenvalue weighted by Crippen LogP contribution is -2.45. The number of unbranched alkanes of at least 4 members (excludes halogenated alkanes) is 41. The van der Waals surface area contributed by atoms with Crippen molar-refractivity contribution in [3.63, 3.8) is 0 Å². The van der Waals surface area contributed by atoms with Crippen LogP contribution in [-0.4, -0.2) is 47.4 Å². The van der Waals surface area contributed by atoms with E-state index in [1.165, 1.54) is 250 Å². The first-order valence-electron chi connectivity index (χ1n) is 30.3. The molecule has 6 heteroatoms. The molecule has 6 nitrogen and oxygen atoms in total. The largest absolute Gasteiger partial charge is 0.466 e. The van der Waals surface area contributed by atoms with Gasteiger partial charge >= 0.3 is 5.97 Å². The predicted molar refractivity (Wildman–Crippen MR) is 296 cm³/mol. The molecule has 0 saturated heterocycles. The maximum absolute atomic E-state index is 12.4. The minimum absolute atomic E-state index is 0.00254. The zero-order valence-corrected chi connectivity index (χ0v) is 45.6. The molecule has 0 bridgehead atoms. The van der Waals surface area contributed by atoms with E-state index < -0.39 is 12.1 Å². The molecule has 0 saturated carbocycles. The van der Waals surface area contributed by atoms with Crippen molar-refractivity contribution in [2.75, 3.05) is 13.2 Å². The fourth-order valence-corrected chi connectivity index (χ4v) is 9.20. The summed E-state index contributed by atoms with van der Waals surface area (Å²) in [5.41, 5.74) is 0. The maximum atomic E-state index is 12.4. The number of carbonyl (C=O) groups is 2. The van der Waals surface area contributed by atoms with Crippen LogP contribution < -0.4 is 5.32 Å². The first-order valence-corrected chi connectivity index (χ1v) is 30.3. The summed E-state index contributed by atoms with van der Waals surface area (Å²) in [6, 6.07) is -0.629. The Hall–Kier alpha value is -1.92. The first kappa shape index (κ1) is 66.1. The fraction of sp³-hybridized carbons (Fsp3) is 0.871. The second kappa shape index (κ2) is 57.7. The lowest BCUT2D eigenvalue weighted by Gasteiger charge is -2.20. The molecule has 0 aromatic rings. The van der Waals surface area contributed by atoms with Gasteiger partial charge < -0.3 is 20.3 Å². The van der Waals surface area contributed by atoms with Crippen LogP contribution in [0.25, 0.3) is 0 Å². The monoisotopic (exact) mass is 956 g/mol. The van der Waals surface area contributed by atoms with Crippen molar-refractivity contribution >= 4 is 11.9 Å². The van der Waals surface area contributed by atoms with Gasteiger partial charge in [0.25, 0.3) is 0 Å². The molecule has 0 rings (SSSR count). The molecular formula is C62H117NO5. The van der Waals surface area contributed by atoms with E-state index >= 15 is 0 Å². The molecule has 0 aliphatic rings. The van der Waals surface area contributed by atoms with E-state index in [0.29, 0.717) is 19.4 Å². The molecule has 0 heterocycles. The van der Waals surface area contributed by atoms with Gasteiger partial charge in [-0.1, -0.05) is 269 Å². The van der Waals surface area contributed by atoms with Crippen molar-refractivity contribution in [1.82, 2.24) is 5.32 Å². The van der Waals surface area contributed by atoms with E-state index in [0.717, 1.165) is 44.9 Å². The number of allylic oxidation sites excluding steroid dienone is 5. The Bertz CT molecular complexity index is 1100. The number of rotatable bonds is 56. The van der Waals surface area contributed by atoms with Gasteiger partial charge in [0.05, 0.1) is 25.4 Å². The van der Waals surface area contributed by atoms with E-state index in [-0.39, 0.29) is 18.5 Å². The molecule has 0 spiro atoms. The highest BCUT2D eigenvalue weighted by Gasteiger charge is 2.18. The van der Waals surface area contributed by atoms with Crippen molar-refractivity contribution in [1.29, 1.82) is 0 Å². The average molecular weight is 957 g/mol. The van der Waals surface area contributed by atoms with Crippen molar-refractivity contribution in [2.24, 2.45) is 0 Å². The van der Waals surface area contributed by atoms with E-state index in [1.807, 2.05) is 6.08 Å². The number of aliphatic hydroxyl groups excluding tert-OH is 2. The van der Waals surface area contributed by atoms with Gasteiger partial charge in [-0.15, -0.1) is 0 Å². The Morgan fingerprint density at radius 2 is 0.706 bits per heavy atom. The smallest absolute Gasteiger partial charge is 0.305 e. The molecule has 3 N–H and O–H groups in total. The number of carbonyl (C=O) groups excluding carboxylic acids is 2. The topological polar surface area (TPSA) is 95.9 Å². The van der Waals surface area contributed by atoms with Crippen LogP contribution in [0.4, 0.5) is 0 Å². The summed E-state index contributed by atoms with van der Waals surface area (Å²) in [6.07, 6.45) is 71.8. The molecule has 1 amide bonds. The number of esters is 1. The van der Waals surface area contributed by atoms with Gasteiger partial charge in [-0.05, 0) is 77.0 Å². The van der Waals surface area contributed by atoms with Gasteiger partial charge in [0.15, 0.2) is 0 Å². The van der Waals surface area contributed by atoms with E-state index in [9.17, 15) is 19.8 Å². The van der Waals surface area contributed by atoms with Crippen LogP contribution >= 0.6 is 0 Å². The molecule has 0 aromatic heterocycles. The third-order valence-corrected chi connectivity index (χ3v) is 13.9. The fourth-order valence-electron chi connectivity index (χ4n) is 9.20. The SMILES string of the molecule is CCCC/C=C\CCCCCCCC(=O)OCCCCCCCCCCCCCC/C=C\CCCCCCCCCCCCC(=O)NC(CO)C(O)/C=C/CCCCCCCCCCCCCC. The summed E-state index contributed by atoms with van der Waals surface area (Å²) in [5, 5.41) is 23.1. The van der Waals surface area contributed by atoms with Crippen molar-refractivity contribution in [3.05, 3.63) is 36.5 Å². The van der Waals surface area contributed by atoms with Gasteiger partial charge in [0.1, 0.15) is 0 Å². The Morgan fingerprint density at radius 1 is 0.397 bits per heavy atom. The molecular weight excluding hydrogens is 839 g/mol. The minimum atomic E-state index is -0.845. The highest BCUT2D eigenvalue weighted by molar-refractivity contribution is 5.76. The van der Waals surface area contributed by atoms with Crippen LogP contribution in [0.2, 0.25) is 0 Å². The lowest BCUT2D eigenvalue weighted by molar-refractivity contribution is -0.143. The summed E-state index contributed by atoms with van der Waals surface area (Å²) in [7, 11) is 0. The number of hydrogen-bond donors (Lipinski definition) is 3. The van der Waals surface area contributed by atoms with Crippen LogP contribution in [0.1, 0.15) is 322 Å². The Morgan fingerprint density at radius 3 is 1.09 bits per heavy atom. The molecule has 0 fully saturated rings. The number of nitrogens with one attached hydrogen (secondary N) is 1. The third kappa shape index (κ3) is 53.4. The second-order valence-corrected chi connectivity index (χ2v) is 20.7. The molecule has 0 aliphatic heterocycles. The van der Waals surface area contributed by atoms with Gasteiger partial charge in [0.2, 0.25) is 5.91 Å². The first-order chi connectivity index (χ1) is 33.5. The molecule has 68 heavy (non-hydrogen) atoms. The highest BCUT2D eigenvalue weighted by atomic mass is 16.5. The normalized spacial score (nSPS) is 12.8. The summed E-state index contributed by atoms with van der Waals surface area (Å²) in [4.78, 5) is 24.4. The quantitative estimate of drug-likeness (QED) is 0.0321. The number of ether oxygens (including phenoxy) is 1. The number of aliphatic hydroxyl groups is 2. The van der Waals surface area contributed by atoms with Crippen molar-refractivity contribution < 1.29 is 24.5 Å². The van der Waals surface area contributed by atoms with E-state index in [4.69, 9.17) is 4.74 Å². The van der Waals surface area contributed by atoms with E-state index in [1.54, 1.807) is 6.08 Å². The van der Waals surface area contributed by atoms with Gasteiger partial charge in [-0.25, -0.2) is 0 Å². The molecule has 0 aliphatic carbocycles. The summed E-state index contributed by atoms with van der Waals surface area (Å²) >= 11 is 0. The zero-order valence-electron chi connectivity index (χ0n) is 45.6. The predicted octanol–water partition coefficient (Wildman–Crippen LogP) is 18.8.